The van der Waals surface area contributed by atoms with Gasteiger partial charge in [0.25, 0.3) is 11.8 Å². The Balaban J connectivity index is 1.49. The van der Waals surface area contributed by atoms with Crippen LogP contribution >= 0.6 is 0 Å². The van der Waals surface area contributed by atoms with Gasteiger partial charge in [-0.1, -0.05) is 50.1 Å². The molecule has 0 bridgehead atoms. The second kappa shape index (κ2) is 9.47. The number of nitrogens with one attached hydrogen (secondary N) is 1. The highest BCUT2D eigenvalue weighted by Gasteiger charge is 2.42. The Morgan fingerprint density at radius 2 is 1.41 bits per heavy atom. The number of imide groups is 1. The number of hydrogen-bond donors (Lipinski definition) is 1. The van der Waals surface area contributed by atoms with Crippen LogP contribution in [0.25, 0.3) is 0 Å². The van der Waals surface area contributed by atoms with Crippen LogP contribution in [0.4, 0.5) is 5.69 Å². The SMILES string of the molecule is CCCCC(C(=O)Nc1ccc(Oc2ccccc2)cc1)N1C(=O)c2ccccc2C1=O. The third kappa shape index (κ3) is 4.39. The molecule has 0 fully saturated rings. The molecule has 3 aromatic carbocycles. The Bertz CT molecular complexity index is 1090. The summed E-state index contributed by atoms with van der Waals surface area (Å²) in [5.74, 6) is 0.123. The third-order valence-corrected chi connectivity index (χ3v) is 5.37. The lowest BCUT2D eigenvalue weighted by Gasteiger charge is -2.25. The van der Waals surface area contributed by atoms with Gasteiger partial charge in [-0.05, 0) is 55.0 Å². The smallest absolute Gasteiger partial charge is 0.262 e. The summed E-state index contributed by atoms with van der Waals surface area (Å²) in [5, 5.41) is 2.85. The first-order valence-electron chi connectivity index (χ1n) is 10.7. The van der Waals surface area contributed by atoms with E-state index in [1.165, 1.54) is 0 Å². The van der Waals surface area contributed by atoms with Gasteiger partial charge in [-0.15, -0.1) is 0 Å². The fraction of sp³-hybridized carbons (Fsp3) is 0.192. The Kier molecular flexibility index (Phi) is 6.31. The molecule has 3 aromatic rings. The molecule has 1 heterocycles. The van der Waals surface area contributed by atoms with Crippen molar-refractivity contribution < 1.29 is 19.1 Å². The highest BCUT2D eigenvalue weighted by atomic mass is 16.5. The number of hydrogen-bond acceptors (Lipinski definition) is 4. The largest absolute Gasteiger partial charge is 0.457 e. The molecule has 0 spiro atoms. The van der Waals surface area contributed by atoms with Crippen LogP contribution < -0.4 is 10.1 Å². The van der Waals surface area contributed by atoms with E-state index in [4.69, 9.17) is 4.74 Å². The molecule has 0 saturated heterocycles. The summed E-state index contributed by atoms with van der Waals surface area (Å²) in [6.07, 6.45) is 1.97. The van der Waals surface area contributed by atoms with Gasteiger partial charge in [0.2, 0.25) is 5.91 Å². The van der Waals surface area contributed by atoms with E-state index in [0.717, 1.165) is 23.5 Å². The van der Waals surface area contributed by atoms with Gasteiger partial charge in [-0.3, -0.25) is 19.3 Å². The standard InChI is InChI=1S/C26H24N2O4/c1-2-3-13-23(28-25(30)21-11-7-8-12-22(21)26(28)31)24(29)27-18-14-16-20(17-15-18)32-19-9-5-4-6-10-19/h4-12,14-17,23H,2-3,13H2,1H3,(H,27,29). The van der Waals surface area contributed by atoms with Crippen molar-refractivity contribution in [3.05, 3.63) is 90.0 Å². The van der Waals surface area contributed by atoms with Crippen molar-refractivity contribution >= 4 is 23.4 Å². The molecule has 162 valence electrons. The van der Waals surface area contributed by atoms with Gasteiger partial charge < -0.3 is 10.1 Å². The van der Waals surface area contributed by atoms with Crippen molar-refractivity contribution in [3.8, 4) is 11.5 Å². The molecule has 0 radical (unpaired) electrons. The van der Waals surface area contributed by atoms with Crippen LogP contribution in [0.2, 0.25) is 0 Å². The fourth-order valence-electron chi connectivity index (χ4n) is 3.72. The van der Waals surface area contributed by atoms with Gasteiger partial charge in [0, 0.05) is 5.69 Å². The van der Waals surface area contributed by atoms with Gasteiger partial charge >= 0.3 is 0 Å². The molecule has 0 aliphatic carbocycles. The van der Waals surface area contributed by atoms with Gasteiger partial charge in [-0.25, -0.2) is 0 Å². The Morgan fingerprint density at radius 1 is 0.844 bits per heavy atom. The number of amides is 3. The normalized spacial score (nSPS) is 13.6. The van der Waals surface area contributed by atoms with Crippen molar-refractivity contribution in [2.24, 2.45) is 0 Å². The average Bonchev–Trinajstić information content (AvgIpc) is 3.07. The number of carbonyl (C=O) groups excluding carboxylic acids is 3. The Hall–Kier alpha value is -3.93. The zero-order valence-electron chi connectivity index (χ0n) is 17.8. The number of anilines is 1. The van der Waals surface area contributed by atoms with Crippen molar-refractivity contribution in [1.82, 2.24) is 4.90 Å². The Labute approximate surface area is 186 Å². The predicted molar refractivity (Wildman–Crippen MR) is 122 cm³/mol. The molecule has 0 saturated carbocycles. The van der Waals surface area contributed by atoms with E-state index in [0.29, 0.717) is 29.0 Å². The van der Waals surface area contributed by atoms with Gasteiger partial charge in [-0.2, -0.15) is 0 Å². The van der Waals surface area contributed by atoms with Crippen LogP contribution in [0.3, 0.4) is 0 Å². The summed E-state index contributed by atoms with van der Waals surface area (Å²) < 4.78 is 5.77. The molecule has 6 nitrogen and oxygen atoms in total. The van der Waals surface area contributed by atoms with Crippen LogP contribution in [-0.2, 0) is 4.79 Å². The first kappa shape index (κ1) is 21.3. The zero-order valence-corrected chi connectivity index (χ0v) is 17.8. The highest BCUT2D eigenvalue weighted by molar-refractivity contribution is 6.23. The quantitative estimate of drug-likeness (QED) is 0.496. The van der Waals surface area contributed by atoms with E-state index in [-0.39, 0.29) is 5.91 Å². The molecule has 1 unspecified atom stereocenters. The van der Waals surface area contributed by atoms with Crippen molar-refractivity contribution in [3.63, 3.8) is 0 Å². The fourth-order valence-corrected chi connectivity index (χ4v) is 3.72. The van der Waals surface area contributed by atoms with Gasteiger partial charge in [0.1, 0.15) is 17.5 Å². The predicted octanol–water partition coefficient (Wildman–Crippen LogP) is 5.27. The maximum Gasteiger partial charge on any atom is 0.262 e. The van der Waals surface area contributed by atoms with Crippen LogP contribution in [0.1, 0.15) is 46.9 Å². The molecule has 0 aromatic heterocycles. The summed E-state index contributed by atoms with van der Waals surface area (Å²) in [6, 6.07) is 22.2. The molecule has 32 heavy (non-hydrogen) atoms. The molecule has 1 aliphatic rings. The van der Waals surface area contributed by atoms with E-state index < -0.39 is 17.9 Å². The number of fused-ring (bicyclic) bond motifs is 1. The summed E-state index contributed by atoms with van der Waals surface area (Å²) in [6.45, 7) is 2.00. The third-order valence-electron chi connectivity index (χ3n) is 5.37. The molecule has 3 amide bonds. The van der Waals surface area contributed by atoms with Crippen LogP contribution in [-0.4, -0.2) is 28.7 Å². The van der Waals surface area contributed by atoms with E-state index in [2.05, 4.69) is 5.32 Å². The molecule has 1 atom stereocenters. The van der Waals surface area contributed by atoms with Crippen molar-refractivity contribution in [2.45, 2.75) is 32.2 Å². The second-order valence-corrected chi connectivity index (χ2v) is 7.61. The maximum absolute atomic E-state index is 13.1. The number of unbranched alkanes of at least 4 members (excludes halogenated alkanes) is 1. The summed E-state index contributed by atoms with van der Waals surface area (Å²) in [7, 11) is 0. The van der Waals surface area contributed by atoms with E-state index in [1.54, 1.807) is 48.5 Å². The minimum Gasteiger partial charge on any atom is -0.457 e. The first-order chi connectivity index (χ1) is 15.6. The molecular formula is C26H24N2O4. The van der Waals surface area contributed by atoms with Crippen molar-refractivity contribution in [1.29, 1.82) is 0 Å². The van der Waals surface area contributed by atoms with Crippen LogP contribution in [0.5, 0.6) is 11.5 Å². The average molecular weight is 428 g/mol. The van der Waals surface area contributed by atoms with Crippen LogP contribution in [0, 0.1) is 0 Å². The number of para-hydroxylation sites is 1. The number of rotatable bonds is 8. The molecule has 4 rings (SSSR count). The summed E-state index contributed by atoms with van der Waals surface area (Å²) in [5.41, 5.74) is 1.25. The minimum absolute atomic E-state index is 0.342. The topological polar surface area (TPSA) is 75.7 Å². The van der Waals surface area contributed by atoms with E-state index in [1.807, 2.05) is 37.3 Å². The highest BCUT2D eigenvalue weighted by Crippen LogP contribution is 2.28. The lowest BCUT2D eigenvalue weighted by molar-refractivity contribution is -0.120. The number of ether oxygens (including phenoxy) is 1. The second-order valence-electron chi connectivity index (χ2n) is 7.61. The lowest BCUT2D eigenvalue weighted by atomic mass is 10.1. The van der Waals surface area contributed by atoms with Gasteiger partial charge in [0.15, 0.2) is 0 Å². The molecule has 1 N–H and O–H groups in total. The van der Waals surface area contributed by atoms with Crippen molar-refractivity contribution in [2.75, 3.05) is 5.32 Å². The number of nitrogens with zero attached hydrogens (tertiary/aromatic N) is 1. The minimum atomic E-state index is -0.873. The van der Waals surface area contributed by atoms with Crippen LogP contribution in [0.15, 0.2) is 78.9 Å². The van der Waals surface area contributed by atoms with Gasteiger partial charge in [0.05, 0.1) is 11.1 Å². The monoisotopic (exact) mass is 428 g/mol. The Morgan fingerprint density at radius 3 is 2.00 bits per heavy atom. The lowest BCUT2D eigenvalue weighted by Crippen LogP contribution is -2.47. The number of carbonyl (C=O) groups is 3. The molecule has 6 heteroatoms. The van der Waals surface area contributed by atoms with E-state index in [9.17, 15) is 14.4 Å². The van der Waals surface area contributed by atoms with E-state index >= 15 is 0 Å². The maximum atomic E-state index is 13.1. The number of benzene rings is 3. The molecular weight excluding hydrogens is 404 g/mol. The summed E-state index contributed by atoms with van der Waals surface area (Å²) in [4.78, 5) is 40.0. The zero-order chi connectivity index (χ0) is 22.5. The first-order valence-corrected chi connectivity index (χ1v) is 10.7. The molecule has 1 aliphatic heterocycles. The summed E-state index contributed by atoms with van der Waals surface area (Å²) >= 11 is 0.